The number of likely N-dealkylation sites (N-methyl/N-ethyl adjacent to an activating group) is 1. The van der Waals surface area contributed by atoms with Gasteiger partial charge in [-0.05, 0) is 66.2 Å². The number of phenols is 1. The van der Waals surface area contributed by atoms with Gasteiger partial charge in [-0.1, -0.05) is 19.1 Å². The molecule has 1 saturated heterocycles. The van der Waals surface area contributed by atoms with Crippen molar-refractivity contribution in [2.24, 2.45) is 4.99 Å². The van der Waals surface area contributed by atoms with Gasteiger partial charge >= 0.3 is 0 Å². The van der Waals surface area contributed by atoms with E-state index in [-0.39, 0.29) is 11.7 Å². The highest BCUT2D eigenvalue weighted by atomic mass is 32.2. The van der Waals surface area contributed by atoms with E-state index in [1.54, 1.807) is 31.3 Å². The summed E-state index contributed by atoms with van der Waals surface area (Å²) in [4.78, 5) is 19.1. The first kappa shape index (κ1) is 18.1. The second-order valence-electron chi connectivity index (χ2n) is 5.80. The number of hydrogen-bond acceptors (Lipinski definition) is 5. The van der Waals surface area contributed by atoms with Gasteiger partial charge in [0, 0.05) is 7.05 Å². The van der Waals surface area contributed by atoms with Crippen molar-refractivity contribution >= 4 is 34.6 Å². The van der Waals surface area contributed by atoms with Gasteiger partial charge in [0.25, 0.3) is 5.91 Å². The number of phenolic OH excluding ortho intramolecular Hbond substituents is 1. The molecule has 0 aliphatic carbocycles. The smallest absolute Gasteiger partial charge is 0.266 e. The van der Waals surface area contributed by atoms with Gasteiger partial charge in [-0.2, -0.15) is 0 Å². The van der Waals surface area contributed by atoms with E-state index in [1.165, 1.54) is 16.7 Å². The van der Waals surface area contributed by atoms with Crippen molar-refractivity contribution in [3.63, 3.8) is 0 Å². The third kappa shape index (κ3) is 4.26. The van der Waals surface area contributed by atoms with Crippen LogP contribution in [0.5, 0.6) is 11.5 Å². The molecule has 1 amide bonds. The zero-order chi connectivity index (χ0) is 18.5. The average molecular weight is 368 g/mol. The minimum atomic E-state index is -0.0844. The monoisotopic (exact) mass is 368 g/mol. The molecule has 1 heterocycles. The van der Waals surface area contributed by atoms with E-state index in [1.807, 2.05) is 30.3 Å². The van der Waals surface area contributed by atoms with E-state index in [0.717, 1.165) is 17.7 Å². The highest BCUT2D eigenvalue weighted by Crippen LogP contribution is 2.33. The number of rotatable bonds is 5. The van der Waals surface area contributed by atoms with Crippen LogP contribution in [0.3, 0.4) is 0 Å². The van der Waals surface area contributed by atoms with Gasteiger partial charge in [-0.3, -0.25) is 9.69 Å². The minimum Gasteiger partial charge on any atom is -0.508 e. The van der Waals surface area contributed by atoms with Crippen LogP contribution >= 0.6 is 11.8 Å². The summed E-state index contributed by atoms with van der Waals surface area (Å²) in [5.74, 6) is 0.925. The molecule has 0 aromatic heterocycles. The van der Waals surface area contributed by atoms with Crippen molar-refractivity contribution in [3.8, 4) is 11.5 Å². The number of aromatic hydroxyl groups is 1. The topological polar surface area (TPSA) is 62.1 Å². The third-order valence-electron chi connectivity index (χ3n) is 3.73. The van der Waals surface area contributed by atoms with Crippen molar-refractivity contribution in [1.82, 2.24) is 4.90 Å². The van der Waals surface area contributed by atoms with Gasteiger partial charge in [-0.25, -0.2) is 4.99 Å². The van der Waals surface area contributed by atoms with Crippen LogP contribution in [0.1, 0.15) is 18.9 Å². The molecule has 0 atom stereocenters. The molecule has 0 spiro atoms. The summed E-state index contributed by atoms with van der Waals surface area (Å²) in [6.45, 7) is 2.76. The maximum absolute atomic E-state index is 12.5. The van der Waals surface area contributed by atoms with Gasteiger partial charge < -0.3 is 9.84 Å². The minimum absolute atomic E-state index is 0.0844. The van der Waals surface area contributed by atoms with Crippen LogP contribution in [-0.4, -0.2) is 34.7 Å². The Labute approximate surface area is 157 Å². The van der Waals surface area contributed by atoms with Gasteiger partial charge in [0.2, 0.25) is 0 Å². The molecule has 2 aromatic rings. The van der Waals surface area contributed by atoms with E-state index >= 15 is 0 Å². The van der Waals surface area contributed by atoms with E-state index in [2.05, 4.69) is 11.9 Å². The Morgan fingerprint density at radius 2 is 1.85 bits per heavy atom. The van der Waals surface area contributed by atoms with Crippen LogP contribution in [0.25, 0.3) is 6.08 Å². The quantitative estimate of drug-likeness (QED) is 0.794. The Hall–Kier alpha value is -2.73. The van der Waals surface area contributed by atoms with Gasteiger partial charge in [0.15, 0.2) is 5.17 Å². The standard InChI is InChI=1S/C20H20N2O3S/c1-3-12-25-17-10-4-14(5-11-17)13-18-19(24)22(2)20(26-18)21-15-6-8-16(23)9-7-15/h4-11,13,23H,3,12H2,1-2H3/b18-13-,21-20?. The lowest BCUT2D eigenvalue weighted by molar-refractivity contribution is -0.121. The lowest BCUT2D eigenvalue weighted by atomic mass is 10.2. The third-order valence-corrected chi connectivity index (χ3v) is 4.79. The molecule has 134 valence electrons. The fourth-order valence-electron chi connectivity index (χ4n) is 2.32. The first-order valence-electron chi connectivity index (χ1n) is 8.35. The van der Waals surface area contributed by atoms with Crippen LogP contribution < -0.4 is 4.74 Å². The van der Waals surface area contributed by atoms with Crippen LogP contribution in [0.2, 0.25) is 0 Å². The summed E-state index contributed by atoms with van der Waals surface area (Å²) >= 11 is 1.33. The fraction of sp³-hybridized carbons (Fsp3) is 0.200. The summed E-state index contributed by atoms with van der Waals surface area (Å²) < 4.78 is 5.57. The molecule has 1 fully saturated rings. The number of aliphatic imine (C=N–C) groups is 1. The van der Waals surface area contributed by atoms with Crippen molar-refractivity contribution < 1.29 is 14.6 Å². The number of carbonyl (C=O) groups is 1. The molecule has 26 heavy (non-hydrogen) atoms. The maximum atomic E-state index is 12.5. The molecule has 0 bridgehead atoms. The normalized spacial score (nSPS) is 17.3. The Kier molecular flexibility index (Phi) is 5.63. The fourth-order valence-corrected chi connectivity index (χ4v) is 3.31. The summed E-state index contributed by atoms with van der Waals surface area (Å²) in [7, 11) is 1.71. The van der Waals surface area contributed by atoms with Crippen LogP contribution in [0.4, 0.5) is 5.69 Å². The van der Waals surface area contributed by atoms with Gasteiger partial charge in [-0.15, -0.1) is 0 Å². The van der Waals surface area contributed by atoms with Crippen LogP contribution in [0.15, 0.2) is 58.4 Å². The largest absolute Gasteiger partial charge is 0.508 e. The van der Waals surface area contributed by atoms with E-state index in [4.69, 9.17) is 4.74 Å². The first-order chi connectivity index (χ1) is 12.6. The number of amidine groups is 1. The van der Waals surface area contributed by atoms with E-state index < -0.39 is 0 Å². The number of amides is 1. The lowest BCUT2D eigenvalue weighted by Crippen LogP contribution is -2.23. The Morgan fingerprint density at radius 3 is 2.50 bits per heavy atom. The van der Waals surface area contributed by atoms with Crippen molar-refractivity contribution in [2.75, 3.05) is 13.7 Å². The SMILES string of the molecule is CCCOc1ccc(/C=C2\SC(=Nc3ccc(O)cc3)N(C)C2=O)cc1. The molecule has 2 aromatic carbocycles. The number of thioether (sulfide) groups is 1. The summed E-state index contributed by atoms with van der Waals surface area (Å²) in [5, 5.41) is 9.96. The highest BCUT2D eigenvalue weighted by molar-refractivity contribution is 8.18. The van der Waals surface area contributed by atoms with Gasteiger partial charge in [0.1, 0.15) is 11.5 Å². The molecule has 3 rings (SSSR count). The number of ether oxygens (including phenoxy) is 1. The molecule has 1 N–H and O–H groups in total. The number of carbonyl (C=O) groups excluding carboxylic acids is 1. The zero-order valence-corrected chi connectivity index (χ0v) is 15.5. The molecule has 1 aliphatic heterocycles. The second-order valence-corrected chi connectivity index (χ2v) is 6.81. The summed E-state index contributed by atoms with van der Waals surface area (Å²) in [6.07, 6.45) is 2.82. The molecule has 0 radical (unpaired) electrons. The Balaban J connectivity index is 1.77. The molecular formula is C20H20N2O3S. The van der Waals surface area contributed by atoms with Crippen LogP contribution in [-0.2, 0) is 4.79 Å². The molecular weight excluding hydrogens is 348 g/mol. The Bertz CT molecular complexity index is 842. The zero-order valence-electron chi connectivity index (χ0n) is 14.7. The lowest BCUT2D eigenvalue weighted by Gasteiger charge is -2.07. The first-order valence-corrected chi connectivity index (χ1v) is 9.16. The molecule has 6 heteroatoms. The highest BCUT2D eigenvalue weighted by Gasteiger charge is 2.30. The van der Waals surface area contributed by atoms with E-state index in [9.17, 15) is 9.90 Å². The number of nitrogens with zero attached hydrogens (tertiary/aromatic N) is 2. The number of benzene rings is 2. The molecule has 0 saturated carbocycles. The molecule has 5 nitrogen and oxygen atoms in total. The predicted molar refractivity (Wildman–Crippen MR) is 106 cm³/mol. The average Bonchev–Trinajstić information content (AvgIpc) is 2.91. The van der Waals surface area contributed by atoms with Crippen LogP contribution in [0, 0.1) is 0 Å². The predicted octanol–water partition coefficient (Wildman–Crippen LogP) is 4.41. The molecule has 1 aliphatic rings. The summed E-state index contributed by atoms with van der Waals surface area (Å²) in [5.41, 5.74) is 1.62. The number of hydrogen-bond donors (Lipinski definition) is 1. The van der Waals surface area contributed by atoms with Crippen molar-refractivity contribution in [1.29, 1.82) is 0 Å². The molecule has 0 unspecified atom stereocenters. The maximum Gasteiger partial charge on any atom is 0.266 e. The van der Waals surface area contributed by atoms with Crippen molar-refractivity contribution in [2.45, 2.75) is 13.3 Å². The van der Waals surface area contributed by atoms with E-state index in [0.29, 0.717) is 22.4 Å². The Morgan fingerprint density at radius 1 is 1.15 bits per heavy atom. The van der Waals surface area contributed by atoms with Crippen molar-refractivity contribution in [3.05, 3.63) is 59.0 Å². The second kappa shape index (κ2) is 8.10. The summed E-state index contributed by atoms with van der Waals surface area (Å²) in [6, 6.07) is 14.2. The van der Waals surface area contributed by atoms with Gasteiger partial charge in [0.05, 0.1) is 17.2 Å².